The van der Waals surface area contributed by atoms with Crippen molar-refractivity contribution in [3.63, 3.8) is 0 Å². The van der Waals surface area contributed by atoms with Gasteiger partial charge in [-0.3, -0.25) is 0 Å². The van der Waals surface area contributed by atoms with Crippen molar-refractivity contribution in [2.24, 2.45) is 0 Å². The molecule has 3 nitrogen and oxygen atoms in total. The highest BCUT2D eigenvalue weighted by Crippen LogP contribution is 2.30. The highest BCUT2D eigenvalue weighted by Gasteiger charge is 2.30. The molecular weight excluding hydrogens is 255 g/mol. The smallest absolute Gasteiger partial charge is 0.382 e. The number of hydrogen-bond donors (Lipinski definition) is 1. The zero-order valence-electron chi connectivity index (χ0n) is 8.37. The lowest BCUT2D eigenvalue weighted by Crippen LogP contribution is -2.06. The number of rotatable bonds is 1. The first-order valence-electron chi connectivity index (χ1n) is 4.56. The minimum atomic E-state index is -4.36. The summed E-state index contributed by atoms with van der Waals surface area (Å²) in [5, 5.41) is 4.11. The van der Waals surface area contributed by atoms with Crippen LogP contribution >= 0.6 is 11.6 Å². The second-order valence-electron chi connectivity index (χ2n) is 3.33. The molecule has 1 aromatic carbocycles. The molecule has 2 N–H and O–H groups in total. The van der Waals surface area contributed by atoms with Crippen molar-refractivity contribution >= 4 is 17.4 Å². The molecular formula is C10H7ClF3N3. The zero-order valence-corrected chi connectivity index (χ0v) is 9.13. The maximum atomic E-state index is 12.3. The first kappa shape index (κ1) is 11.8. The number of alkyl halides is 3. The molecule has 0 bridgehead atoms. The molecule has 0 radical (unpaired) electrons. The second-order valence-corrected chi connectivity index (χ2v) is 3.74. The van der Waals surface area contributed by atoms with Crippen LogP contribution in [0.1, 0.15) is 5.56 Å². The Morgan fingerprint density at radius 1 is 1.18 bits per heavy atom. The Morgan fingerprint density at radius 3 is 2.18 bits per heavy atom. The van der Waals surface area contributed by atoms with Gasteiger partial charge in [0, 0.05) is 0 Å². The Bertz CT molecular complexity index is 531. The van der Waals surface area contributed by atoms with Crippen LogP contribution in [0.2, 0.25) is 5.02 Å². The van der Waals surface area contributed by atoms with Gasteiger partial charge in [-0.15, -0.1) is 0 Å². The molecule has 0 saturated heterocycles. The highest BCUT2D eigenvalue weighted by molar-refractivity contribution is 6.32. The van der Waals surface area contributed by atoms with Crippen LogP contribution in [0.5, 0.6) is 0 Å². The van der Waals surface area contributed by atoms with Gasteiger partial charge in [0.25, 0.3) is 0 Å². The van der Waals surface area contributed by atoms with Gasteiger partial charge in [-0.25, -0.2) is 4.68 Å². The summed E-state index contributed by atoms with van der Waals surface area (Å²) in [5.41, 5.74) is 5.30. The molecule has 17 heavy (non-hydrogen) atoms. The lowest BCUT2D eigenvalue weighted by Gasteiger charge is -2.08. The molecule has 2 rings (SSSR count). The van der Waals surface area contributed by atoms with Crippen LogP contribution in [0.3, 0.4) is 0 Å². The summed E-state index contributed by atoms with van der Waals surface area (Å²) in [6.07, 6.45) is -3.03. The van der Waals surface area contributed by atoms with E-state index in [1.165, 1.54) is 23.0 Å². The van der Waals surface area contributed by atoms with Gasteiger partial charge in [0.2, 0.25) is 0 Å². The van der Waals surface area contributed by atoms with E-state index in [-0.39, 0.29) is 10.8 Å². The predicted molar refractivity (Wildman–Crippen MR) is 58.0 cm³/mol. The van der Waals surface area contributed by atoms with E-state index in [4.69, 9.17) is 17.3 Å². The molecule has 1 heterocycles. The predicted octanol–water partition coefficient (Wildman–Crippen LogP) is 3.13. The third-order valence-electron chi connectivity index (χ3n) is 2.20. The molecule has 0 fully saturated rings. The molecule has 0 aliphatic rings. The van der Waals surface area contributed by atoms with Gasteiger partial charge < -0.3 is 5.73 Å². The van der Waals surface area contributed by atoms with Crippen molar-refractivity contribution in [3.05, 3.63) is 41.0 Å². The maximum absolute atomic E-state index is 12.3. The average Bonchev–Trinajstić information content (AvgIpc) is 2.59. The topological polar surface area (TPSA) is 43.8 Å². The van der Waals surface area contributed by atoms with E-state index in [1.807, 2.05) is 0 Å². The number of anilines is 1. The third-order valence-corrected chi connectivity index (χ3v) is 2.49. The van der Waals surface area contributed by atoms with Gasteiger partial charge in [-0.1, -0.05) is 11.6 Å². The second kappa shape index (κ2) is 3.96. The molecule has 90 valence electrons. The first-order chi connectivity index (χ1) is 7.89. The molecule has 2 aromatic rings. The Balaban J connectivity index is 2.40. The number of nitrogens with zero attached hydrogens (tertiary/aromatic N) is 2. The Morgan fingerprint density at radius 2 is 1.76 bits per heavy atom. The van der Waals surface area contributed by atoms with E-state index >= 15 is 0 Å². The van der Waals surface area contributed by atoms with Crippen LogP contribution < -0.4 is 5.73 Å². The molecule has 0 aliphatic heterocycles. The quantitative estimate of drug-likeness (QED) is 0.857. The fourth-order valence-corrected chi connectivity index (χ4v) is 1.46. The molecule has 1 aromatic heterocycles. The van der Waals surface area contributed by atoms with Gasteiger partial charge in [0.1, 0.15) is 10.8 Å². The van der Waals surface area contributed by atoms with E-state index in [1.54, 1.807) is 0 Å². The molecule has 0 saturated carbocycles. The Kier molecular flexibility index (Phi) is 2.74. The summed E-state index contributed by atoms with van der Waals surface area (Å²) >= 11 is 5.69. The van der Waals surface area contributed by atoms with Gasteiger partial charge in [-0.05, 0) is 24.3 Å². The Hall–Kier alpha value is -1.69. The van der Waals surface area contributed by atoms with Crippen molar-refractivity contribution in [3.8, 4) is 5.69 Å². The monoisotopic (exact) mass is 261 g/mol. The lowest BCUT2D eigenvalue weighted by atomic mass is 10.2. The summed E-state index contributed by atoms with van der Waals surface area (Å²) in [7, 11) is 0. The number of halogens is 4. The van der Waals surface area contributed by atoms with Crippen molar-refractivity contribution in [2.45, 2.75) is 6.18 Å². The zero-order chi connectivity index (χ0) is 12.6. The van der Waals surface area contributed by atoms with Crippen molar-refractivity contribution < 1.29 is 13.2 Å². The van der Waals surface area contributed by atoms with Gasteiger partial charge in [0.05, 0.1) is 17.4 Å². The van der Waals surface area contributed by atoms with Crippen LogP contribution in [0.25, 0.3) is 5.69 Å². The normalized spacial score (nSPS) is 11.8. The standard InChI is InChI=1S/C10H7ClF3N3/c11-8-5-16-17(9(8)15)7-3-1-6(2-4-7)10(12,13)14/h1-5H,15H2. The van der Waals surface area contributed by atoms with Crippen LogP contribution in [0, 0.1) is 0 Å². The van der Waals surface area contributed by atoms with Crippen molar-refractivity contribution in [2.75, 3.05) is 5.73 Å². The van der Waals surface area contributed by atoms with E-state index in [0.717, 1.165) is 12.1 Å². The maximum Gasteiger partial charge on any atom is 0.416 e. The summed E-state index contributed by atoms with van der Waals surface area (Å²) in [6.45, 7) is 0. The van der Waals surface area contributed by atoms with Crippen LogP contribution in [0.15, 0.2) is 30.5 Å². The van der Waals surface area contributed by atoms with E-state index in [9.17, 15) is 13.2 Å². The number of benzene rings is 1. The summed E-state index contributed by atoms with van der Waals surface area (Å²) < 4.78 is 38.3. The molecule has 7 heteroatoms. The first-order valence-corrected chi connectivity index (χ1v) is 4.94. The third kappa shape index (κ3) is 2.21. The number of hydrogen-bond acceptors (Lipinski definition) is 2. The average molecular weight is 262 g/mol. The molecule has 0 aliphatic carbocycles. The molecule has 0 atom stereocenters. The molecule has 0 amide bonds. The van der Waals surface area contributed by atoms with Crippen LogP contribution in [0.4, 0.5) is 19.0 Å². The van der Waals surface area contributed by atoms with Gasteiger partial charge in [0.15, 0.2) is 0 Å². The van der Waals surface area contributed by atoms with Crippen molar-refractivity contribution in [1.82, 2.24) is 9.78 Å². The summed E-state index contributed by atoms with van der Waals surface area (Å²) in [4.78, 5) is 0. The number of aromatic nitrogens is 2. The van der Waals surface area contributed by atoms with E-state index < -0.39 is 11.7 Å². The van der Waals surface area contributed by atoms with Gasteiger partial charge >= 0.3 is 6.18 Å². The molecule has 0 unspecified atom stereocenters. The highest BCUT2D eigenvalue weighted by atomic mass is 35.5. The fraction of sp³-hybridized carbons (Fsp3) is 0.100. The minimum Gasteiger partial charge on any atom is -0.382 e. The molecule has 0 spiro atoms. The van der Waals surface area contributed by atoms with Crippen LogP contribution in [-0.2, 0) is 6.18 Å². The van der Waals surface area contributed by atoms with Crippen molar-refractivity contribution in [1.29, 1.82) is 0 Å². The van der Waals surface area contributed by atoms with E-state index in [0.29, 0.717) is 5.69 Å². The Labute approximate surface area is 99.6 Å². The van der Waals surface area contributed by atoms with Gasteiger partial charge in [-0.2, -0.15) is 18.3 Å². The number of nitrogens with two attached hydrogens (primary N) is 1. The van der Waals surface area contributed by atoms with Crippen LogP contribution in [-0.4, -0.2) is 9.78 Å². The minimum absolute atomic E-state index is 0.187. The SMILES string of the molecule is Nc1c(Cl)cnn1-c1ccc(C(F)(F)F)cc1. The van der Waals surface area contributed by atoms with E-state index in [2.05, 4.69) is 5.10 Å². The summed E-state index contributed by atoms with van der Waals surface area (Å²) in [6, 6.07) is 4.49. The largest absolute Gasteiger partial charge is 0.416 e. The number of nitrogen functional groups attached to an aromatic ring is 1. The fourth-order valence-electron chi connectivity index (χ4n) is 1.34. The lowest BCUT2D eigenvalue weighted by molar-refractivity contribution is -0.137. The summed E-state index contributed by atoms with van der Waals surface area (Å²) in [5.74, 6) is 0.187.